The average Bonchev–Trinajstić information content (AvgIpc) is 2.27. The molecule has 0 radical (unpaired) electrons. The van der Waals surface area contributed by atoms with Gasteiger partial charge in [0.15, 0.2) is 11.6 Å². The number of rotatable bonds is 5. The van der Waals surface area contributed by atoms with E-state index in [9.17, 15) is 9.18 Å². The van der Waals surface area contributed by atoms with Gasteiger partial charge in [0.25, 0.3) is 0 Å². The summed E-state index contributed by atoms with van der Waals surface area (Å²) in [5.41, 5.74) is 0.486. The van der Waals surface area contributed by atoms with Crippen molar-refractivity contribution in [1.29, 1.82) is 0 Å². The lowest BCUT2D eigenvalue weighted by Crippen LogP contribution is -2.42. The van der Waals surface area contributed by atoms with E-state index < -0.39 is 11.8 Å². The van der Waals surface area contributed by atoms with E-state index in [4.69, 9.17) is 10.2 Å². The zero-order chi connectivity index (χ0) is 14.6. The van der Waals surface area contributed by atoms with Crippen LogP contribution in [-0.4, -0.2) is 33.2 Å². The first-order valence-corrected chi connectivity index (χ1v) is 6.14. The van der Waals surface area contributed by atoms with Gasteiger partial charge in [0, 0.05) is 18.6 Å². The van der Waals surface area contributed by atoms with Crippen molar-refractivity contribution in [2.24, 2.45) is 0 Å². The Hall–Kier alpha value is -1.62. The van der Waals surface area contributed by atoms with Gasteiger partial charge in [0.1, 0.15) is 0 Å². The van der Waals surface area contributed by atoms with Crippen molar-refractivity contribution in [1.82, 2.24) is 4.90 Å². The first kappa shape index (κ1) is 15.4. The molecule has 0 amide bonds. The summed E-state index contributed by atoms with van der Waals surface area (Å²) >= 11 is 0. The van der Waals surface area contributed by atoms with Crippen molar-refractivity contribution in [3.8, 4) is 5.75 Å². The predicted molar refractivity (Wildman–Crippen MR) is 70.5 cm³/mol. The Balaban J connectivity index is 2.81. The highest BCUT2D eigenvalue weighted by molar-refractivity contribution is 5.66. The molecule has 0 aliphatic rings. The van der Waals surface area contributed by atoms with Crippen LogP contribution in [0, 0.1) is 5.82 Å². The molecule has 0 saturated carbocycles. The van der Waals surface area contributed by atoms with Crippen LogP contribution < -0.4 is 0 Å². The molecule has 0 unspecified atom stereocenters. The lowest BCUT2D eigenvalue weighted by atomic mass is 10.0. The summed E-state index contributed by atoms with van der Waals surface area (Å²) < 4.78 is 13.3. The molecule has 19 heavy (non-hydrogen) atoms. The second-order valence-corrected chi connectivity index (χ2v) is 5.52. The molecule has 0 fully saturated rings. The van der Waals surface area contributed by atoms with Crippen LogP contribution in [0.15, 0.2) is 18.2 Å². The zero-order valence-electron chi connectivity index (χ0n) is 11.5. The molecule has 2 N–H and O–H groups in total. The number of nitrogens with zero attached hydrogens (tertiary/aromatic N) is 1. The molecular weight excluding hydrogens is 249 g/mol. The van der Waals surface area contributed by atoms with E-state index in [2.05, 4.69) is 0 Å². The van der Waals surface area contributed by atoms with E-state index in [0.29, 0.717) is 18.7 Å². The fourth-order valence-corrected chi connectivity index (χ4v) is 1.75. The number of hydrogen-bond donors (Lipinski definition) is 2. The number of phenolic OH excluding ortho intramolecular Hbond substituents is 1. The second-order valence-electron chi connectivity index (χ2n) is 5.52. The summed E-state index contributed by atoms with van der Waals surface area (Å²) in [4.78, 5) is 12.6. The fourth-order valence-electron chi connectivity index (χ4n) is 1.75. The number of halogens is 1. The predicted octanol–water partition coefficient (Wildman–Crippen LogP) is 2.61. The summed E-state index contributed by atoms with van der Waals surface area (Å²) in [6, 6.07) is 4.22. The normalized spacial score (nSPS) is 11.8. The number of carboxylic acid groups (broad SMARTS) is 1. The van der Waals surface area contributed by atoms with Crippen molar-refractivity contribution in [2.45, 2.75) is 39.3 Å². The van der Waals surface area contributed by atoms with E-state index in [1.807, 2.05) is 25.7 Å². The maximum atomic E-state index is 13.3. The van der Waals surface area contributed by atoms with Gasteiger partial charge in [-0.2, -0.15) is 0 Å². The first-order valence-electron chi connectivity index (χ1n) is 6.14. The molecule has 4 nitrogen and oxygen atoms in total. The Morgan fingerprint density at radius 1 is 1.37 bits per heavy atom. The van der Waals surface area contributed by atoms with E-state index >= 15 is 0 Å². The molecule has 5 heteroatoms. The van der Waals surface area contributed by atoms with Crippen LogP contribution in [0.5, 0.6) is 5.75 Å². The molecule has 0 aliphatic heterocycles. The zero-order valence-corrected chi connectivity index (χ0v) is 11.5. The molecule has 0 aliphatic carbocycles. The highest BCUT2D eigenvalue weighted by atomic mass is 19.1. The molecule has 0 atom stereocenters. The summed E-state index contributed by atoms with van der Waals surface area (Å²) in [6.45, 7) is 6.76. The van der Waals surface area contributed by atoms with E-state index in [1.54, 1.807) is 6.07 Å². The van der Waals surface area contributed by atoms with Gasteiger partial charge in [-0.1, -0.05) is 6.07 Å². The molecule has 106 valence electrons. The third-order valence-electron chi connectivity index (χ3n) is 2.93. The van der Waals surface area contributed by atoms with Crippen LogP contribution in [0.25, 0.3) is 0 Å². The van der Waals surface area contributed by atoms with Crippen LogP contribution >= 0.6 is 0 Å². The molecule has 1 rings (SSSR count). The number of carbonyl (C=O) groups is 1. The van der Waals surface area contributed by atoms with Gasteiger partial charge in [0.05, 0.1) is 6.42 Å². The second kappa shape index (κ2) is 6.02. The Morgan fingerprint density at radius 3 is 2.47 bits per heavy atom. The quantitative estimate of drug-likeness (QED) is 0.862. The van der Waals surface area contributed by atoms with Crippen LogP contribution in [-0.2, 0) is 11.3 Å². The van der Waals surface area contributed by atoms with Gasteiger partial charge >= 0.3 is 5.97 Å². The highest BCUT2D eigenvalue weighted by Gasteiger charge is 2.22. The molecule has 1 aromatic carbocycles. The van der Waals surface area contributed by atoms with Crippen LogP contribution in [0.2, 0.25) is 0 Å². The first-order chi connectivity index (χ1) is 8.70. The monoisotopic (exact) mass is 269 g/mol. The van der Waals surface area contributed by atoms with Gasteiger partial charge in [0.2, 0.25) is 0 Å². The van der Waals surface area contributed by atoms with E-state index in [0.717, 1.165) is 0 Å². The molecule has 0 spiro atoms. The molecular formula is C14H20FNO3. The summed E-state index contributed by atoms with van der Waals surface area (Å²) in [5, 5.41) is 17.9. The summed E-state index contributed by atoms with van der Waals surface area (Å²) in [5.74, 6) is -1.90. The largest absolute Gasteiger partial charge is 0.505 e. The molecule has 0 saturated heterocycles. The number of phenols is 1. The molecule has 0 bridgehead atoms. The van der Waals surface area contributed by atoms with Crippen molar-refractivity contribution >= 4 is 5.97 Å². The van der Waals surface area contributed by atoms with E-state index in [-0.39, 0.29) is 17.7 Å². The van der Waals surface area contributed by atoms with Gasteiger partial charge < -0.3 is 10.2 Å². The Kier molecular flexibility index (Phi) is 4.89. The van der Waals surface area contributed by atoms with Crippen LogP contribution in [0.3, 0.4) is 0 Å². The minimum absolute atomic E-state index is 0.0395. The SMILES string of the molecule is CC(C)(C)N(CCC(=O)O)Cc1ccc(O)c(F)c1. The minimum atomic E-state index is -0.855. The van der Waals surface area contributed by atoms with E-state index in [1.165, 1.54) is 12.1 Å². The third-order valence-corrected chi connectivity index (χ3v) is 2.93. The minimum Gasteiger partial charge on any atom is -0.505 e. The standard InChI is InChI=1S/C14H20FNO3/c1-14(2,3)16(7-6-13(18)19)9-10-4-5-12(17)11(15)8-10/h4-5,8,17H,6-7,9H2,1-3H3,(H,18,19). The fraction of sp³-hybridized carbons (Fsp3) is 0.500. The average molecular weight is 269 g/mol. The van der Waals surface area contributed by atoms with Gasteiger partial charge in [-0.3, -0.25) is 9.69 Å². The number of benzene rings is 1. The van der Waals surface area contributed by atoms with Crippen LogP contribution in [0.4, 0.5) is 4.39 Å². The Morgan fingerprint density at radius 2 is 2.00 bits per heavy atom. The highest BCUT2D eigenvalue weighted by Crippen LogP contribution is 2.21. The molecule has 1 aromatic rings. The van der Waals surface area contributed by atoms with Gasteiger partial charge in [-0.25, -0.2) is 4.39 Å². The smallest absolute Gasteiger partial charge is 0.304 e. The topological polar surface area (TPSA) is 60.8 Å². The van der Waals surface area contributed by atoms with Crippen molar-refractivity contribution in [3.05, 3.63) is 29.6 Å². The maximum absolute atomic E-state index is 13.3. The number of aliphatic carboxylic acids is 1. The van der Waals surface area contributed by atoms with Crippen molar-refractivity contribution < 1.29 is 19.4 Å². The third kappa shape index (κ3) is 4.87. The lowest BCUT2D eigenvalue weighted by molar-refractivity contribution is -0.137. The van der Waals surface area contributed by atoms with Gasteiger partial charge in [-0.15, -0.1) is 0 Å². The molecule has 0 aromatic heterocycles. The van der Waals surface area contributed by atoms with Crippen molar-refractivity contribution in [3.63, 3.8) is 0 Å². The van der Waals surface area contributed by atoms with Gasteiger partial charge in [-0.05, 0) is 38.5 Å². The summed E-state index contributed by atoms with van der Waals surface area (Å²) in [7, 11) is 0. The lowest BCUT2D eigenvalue weighted by Gasteiger charge is -2.35. The Labute approximate surface area is 112 Å². The maximum Gasteiger partial charge on any atom is 0.304 e. The van der Waals surface area contributed by atoms with Crippen molar-refractivity contribution in [2.75, 3.05) is 6.54 Å². The Bertz CT molecular complexity index is 454. The number of hydrogen-bond acceptors (Lipinski definition) is 3. The number of carboxylic acids is 1. The number of aromatic hydroxyl groups is 1. The summed E-state index contributed by atoms with van der Waals surface area (Å²) in [6.07, 6.45) is 0.0395. The molecule has 0 heterocycles. The van der Waals surface area contributed by atoms with Crippen LogP contribution in [0.1, 0.15) is 32.8 Å².